The van der Waals surface area contributed by atoms with Gasteiger partial charge in [0.15, 0.2) is 8.32 Å². The van der Waals surface area contributed by atoms with E-state index in [1.807, 2.05) is 32.2 Å². The minimum absolute atomic E-state index is 0.168. The summed E-state index contributed by atoms with van der Waals surface area (Å²) < 4.78 is 11.7. The fourth-order valence-electron chi connectivity index (χ4n) is 3.37. The molecule has 28 heavy (non-hydrogen) atoms. The molecule has 1 heterocycles. The van der Waals surface area contributed by atoms with Gasteiger partial charge in [-0.05, 0) is 56.2 Å². The molecule has 158 valence electrons. The van der Waals surface area contributed by atoms with Gasteiger partial charge in [-0.25, -0.2) is 4.79 Å². The molecule has 2 rings (SSSR count). The zero-order valence-corrected chi connectivity index (χ0v) is 19.7. The Bertz CT molecular complexity index is 657. The van der Waals surface area contributed by atoms with Crippen LogP contribution in [0.5, 0.6) is 0 Å². The molecule has 5 nitrogen and oxygen atoms in total. The molecule has 0 aromatic heterocycles. The Labute approximate surface area is 171 Å². The number of likely N-dealkylation sites (N-methyl/N-ethyl adjacent to an activating group) is 1. The average molecular weight is 407 g/mol. The summed E-state index contributed by atoms with van der Waals surface area (Å²) in [6.45, 7) is 16.7. The Morgan fingerprint density at radius 3 is 2.68 bits per heavy atom. The van der Waals surface area contributed by atoms with Crippen LogP contribution < -0.4 is 5.32 Å². The SMILES string of the molecule is CCOC(=O)c1cccc([C@@H](CN2CC[C@H](O[Si](C)(C)C(C)(C)C)C2)NC)c1. The van der Waals surface area contributed by atoms with Crippen LogP contribution in [0.3, 0.4) is 0 Å². The van der Waals surface area contributed by atoms with Gasteiger partial charge in [0.05, 0.1) is 18.3 Å². The third-order valence-corrected chi connectivity index (χ3v) is 10.6. The van der Waals surface area contributed by atoms with Crippen LogP contribution >= 0.6 is 0 Å². The van der Waals surface area contributed by atoms with Gasteiger partial charge >= 0.3 is 5.97 Å². The van der Waals surface area contributed by atoms with Crippen molar-refractivity contribution in [3.63, 3.8) is 0 Å². The van der Waals surface area contributed by atoms with Crippen molar-refractivity contribution < 1.29 is 14.0 Å². The molecular weight excluding hydrogens is 368 g/mol. The zero-order valence-electron chi connectivity index (χ0n) is 18.7. The van der Waals surface area contributed by atoms with Gasteiger partial charge in [0, 0.05) is 25.7 Å². The number of nitrogens with zero attached hydrogens (tertiary/aromatic N) is 1. The predicted molar refractivity (Wildman–Crippen MR) is 117 cm³/mol. The van der Waals surface area contributed by atoms with Crippen LogP contribution in [0.4, 0.5) is 0 Å². The molecule has 1 aliphatic heterocycles. The number of ether oxygens (including phenoxy) is 1. The summed E-state index contributed by atoms with van der Waals surface area (Å²) in [4.78, 5) is 14.5. The smallest absolute Gasteiger partial charge is 0.338 e. The highest BCUT2D eigenvalue weighted by molar-refractivity contribution is 6.74. The summed E-state index contributed by atoms with van der Waals surface area (Å²) in [5.41, 5.74) is 1.72. The summed E-state index contributed by atoms with van der Waals surface area (Å²) in [5.74, 6) is -0.261. The largest absolute Gasteiger partial charge is 0.462 e. The van der Waals surface area contributed by atoms with Crippen LogP contribution in [0.2, 0.25) is 18.1 Å². The third-order valence-electron chi connectivity index (χ3n) is 6.09. The second kappa shape index (κ2) is 9.52. The Morgan fingerprint density at radius 1 is 1.36 bits per heavy atom. The number of carbonyl (C=O) groups excluding carboxylic acids is 1. The molecule has 0 spiro atoms. The highest BCUT2D eigenvalue weighted by atomic mass is 28.4. The highest BCUT2D eigenvalue weighted by Gasteiger charge is 2.40. The zero-order chi connectivity index (χ0) is 20.9. The molecule has 1 aromatic carbocycles. The minimum Gasteiger partial charge on any atom is -0.462 e. The molecule has 1 fully saturated rings. The Balaban J connectivity index is 1.99. The van der Waals surface area contributed by atoms with Gasteiger partial charge in [-0.1, -0.05) is 32.9 Å². The van der Waals surface area contributed by atoms with E-state index in [1.165, 1.54) is 0 Å². The first-order valence-electron chi connectivity index (χ1n) is 10.4. The Kier molecular flexibility index (Phi) is 7.85. The molecular formula is C22H38N2O3Si. The Morgan fingerprint density at radius 2 is 2.07 bits per heavy atom. The van der Waals surface area contributed by atoms with E-state index < -0.39 is 8.32 Å². The van der Waals surface area contributed by atoms with Gasteiger partial charge in [0.25, 0.3) is 0 Å². The Hall–Kier alpha value is -1.21. The fraction of sp³-hybridized carbons (Fsp3) is 0.682. The van der Waals surface area contributed by atoms with E-state index in [2.05, 4.69) is 50.1 Å². The van der Waals surface area contributed by atoms with E-state index in [0.29, 0.717) is 18.3 Å². The molecule has 0 bridgehead atoms. The molecule has 1 saturated heterocycles. The maximum atomic E-state index is 12.0. The van der Waals surface area contributed by atoms with E-state index >= 15 is 0 Å². The van der Waals surface area contributed by atoms with Crippen molar-refractivity contribution in [1.82, 2.24) is 10.2 Å². The lowest BCUT2D eigenvalue weighted by Gasteiger charge is -2.38. The van der Waals surface area contributed by atoms with Crippen molar-refractivity contribution in [3.05, 3.63) is 35.4 Å². The van der Waals surface area contributed by atoms with Crippen molar-refractivity contribution in [2.24, 2.45) is 0 Å². The first-order valence-corrected chi connectivity index (χ1v) is 13.3. The van der Waals surface area contributed by atoms with Crippen LogP contribution in [0.25, 0.3) is 0 Å². The predicted octanol–water partition coefficient (Wildman–Crippen LogP) is 4.22. The standard InChI is InChI=1S/C22H38N2O3Si/c1-8-26-21(25)18-11-9-10-17(14-18)20(23-5)16-24-13-12-19(15-24)27-28(6,7)22(2,3)4/h9-11,14,19-20,23H,8,12-13,15-16H2,1-7H3/t19-,20+/m0/s1. The van der Waals surface area contributed by atoms with Gasteiger partial charge in [-0.15, -0.1) is 0 Å². The second-order valence-electron chi connectivity index (χ2n) is 9.24. The number of nitrogens with one attached hydrogen (secondary N) is 1. The molecule has 0 saturated carbocycles. The number of carbonyl (C=O) groups is 1. The van der Waals surface area contributed by atoms with Gasteiger partial charge in [0.2, 0.25) is 0 Å². The van der Waals surface area contributed by atoms with Gasteiger partial charge < -0.3 is 14.5 Å². The van der Waals surface area contributed by atoms with Crippen molar-refractivity contribution in [1.29, 1.82) is 0 Å². The van der Waals surface area contributed by atoms with Crippen LogP contribution in [0.15, 0.2) is 24.3 Å². The topological polar surface area (TPSA) is 50.8 Å². The lowest BCUT2D eigenvalue weighted by Crippen LogP contribution is -2.44. The number of hydrogen-bond donors (Lipinski definition) is 1. The molecule has 6 heteroatoms. The quantitative estimate of drug-likeness (QED) is 0.517. The number of likely N-dealkylation sites (tertiary alicyclic amines) is 1. The number of esters is 1. The molecule has 0 aliphatic carbocycles. The first kappa shape index (κ1) is 23.1. The van der Waals surface area contributed by atoms with Crippen LogP contribution in [0.1, 0.15) is 56.1 Å². The minimum atomic E-state index is -1.73. The van der Waals surface area contributed by atoms with E-state index in [1.54, 1.807) is 0 Å². The number of rotatable bonds is 8. The lowest BCUT2D eigenvalue weighted by atomic mass is 10.0. The molecule has 0 unspecified atom stereocenters. The van der Waals surface area contributed by atoms with Crippen LogP contribution in [0, 0.1) is 0 Å². The fourth-order valence-corrected chi connectivity index (χ4v) is 4.75. The van der Waals surface area contributed by atoms with Crippen molar-refractivity contribution in [2.75, 3.05) is 33.3 Å². The number of hydrogen-bond acceptors (Lipinski definition) is 5. The average Bonchev–Trinajstić information content (AvgIpc) is 3.05. The molecule has 2 atom stereocenters. The van der Waals surface area contributed by atoms with Crippen LogP contribution in [-0.2, 0) is 9.16 Å². The van der Waals surface area contributed by atoms with E-state index in [9.17, 15) is 4.79 Å². The lowest BCUT2D eigenvalue weighted by molar-refractivity contribution is 0.0526. The van der Waals surface area contributed by atoms with Crippen molar-refractivity contribution in [3.8, 4) is 0 Å². The maximum absolute atomic E-state index is 12.0. The summed E-state index contributed by atoms with van der Waals surface area (Å²) in [5, 5.41) is 3.64. The number of benzene rings is 1. The van der Waals surface area contributed by atoms with Gasteiger partial charge in [-0.3, -0.25) is 4.90 Å². The molecule has 1 aliphatic rings. The molecule has 1 N–H and O–H groups in total. The van der Waals surface area contributed by atoms with E-state index in [0.717, 1.165) is 31.6 Å². The van der Waals surface area contributed by atoms with Crippen molar-refractivity contribution in [2.45, 2.75) is 64.4 Å². The first-order chi connectivity index (χ1) is 13.1. The second-order valence-corrected chi connectivity index (χ2v) is 14.0. The van der Waals surface area contributed by atoms with Crippen molar-refractivity contribution >= 4 is 14.3 Å². The molecule has 0 radical (unpaired) electrons. The van der Waals surface area contributed by atoms with E-state index in [4.69, 9.17) is 9.16 Å². The third kappa shape index (κ3) is 5.89. The monoisotopic (exact) mass is 406 g/mol. The summed E-state index contributed by atoms with van der Waals surface area (Å²) in [6, 6.07) is 7.93. The summed E-state index contributed by atoms with van der Waals surface area (Å²) >= 11 is 0. The highest BCUT2D eigenvalue weighted by Crippen LogP contribution is 2.38. The molecule has 0 amide bonds. The molecule has 1 aromatic rings. The van der Waals surface area contributed by atoms with Gasteiger partial charge in [-0.2, -0.15) is 0 Å². The normalized spacial score (nSPS) is 19.6. The maximum Gasteiger partial charge on any atom is 0.338 e. The summed E-state index contributed by atoms with van der Waals surface area (Å²) in [7, 11) is 0.240. The van der Waals surface area contributed by atoms with E-state index in [-0.39, 0.29) is 17.0 Å². The summed E-state index contributed by atoms with van der Waals surface area (Å²) in [6.07, 6.45) is 1.41. The van der Waals surface area contributed by atoms with Crippen LogP contribution in [-0.4, -0.2) is 58.6 Å². The van der Waals surface area contributed by atoms with Gasteiger partial charge in [0.1, 0.15) is 0 Å².